The summed E-state index contributed by atoms with van der Waals surface area (Å²) in [5, 5.41) is 0.348. The van der Waals surface area contributed by atoms with E-state index >= 15 is 0 Å². The summed E-state index contributed by atoms with van der Waals surface area (Å²) in [5.41, 5.74) is 6.17. The molecule has 1 rings (SSSR count). The van der Waals surface area contributed by atoms with Crippen molar-refractivity contribution in [1.82, 2.24) is 0 Å². The number of rotatable bonds is 3. The van der Waals surface area contributed by atoms with Crippen LogP contribution >= 0.6 is 11.8 Å². The van der Waals surface area contributed by atoms with Crippen LogP contribution in [0.3, 0.4) is 0 Å². The lowest BCUT2D eigenvalue weighted by Gasteiger charge is -2.08. The van der Waals surface area contributed by atoms with Crippen LogP contribution in [0.4, 0.5) is 4.39 Å². The molecule has 0 aliphatic carbocycles. The zero-order valence-electron chi connectivity index (χ0n) is 10.8. The van der Waals surface area contributed by atoms with Gasteiger partial charge < -0.3 is 5.73 Å². The van der Waals surface area contributed by atoms with Gasteiger partial charge in [0.1, 0.15) is 10.7 Å². The van der Waals surface area contributed by atoms with Gasteiger partial charge in [-0.15, -0.1) is 0 Å². The highest BCUT2D eigenvalue weighted by Crippen LogP contribution is 2.29. The van der Waals surface area contributed by atoms with Crippen molar-refractivity contribution in [3.05, 3.63) is 35.7 Å². The summed E-state index contributed by atoms with van der Waals surface area (Å²) in [6, 6.07) is 3.98. The van der Waals surface area contributed by atoms with E-state index in [0.29, 0.717) is 15.6 Å². The number of amidine groups is 1. The minimum atomic E-state index is -3.56. The lowest BCUT2D eigenvalue weighted by Crippen LogP contribution is -2.06. The van der Waals surface area contributed by atoms with Gasteiger partial charge in [-0.1, -0.05) is 23.9 Å². The Hall–Kier alpha value is -1.34. The molecule has 0 heterocycles. The largest absolute Gasteiger partial charge is 0.378 e. The van der Waals surface area contributed by atoms with Crippen LogP contribution in [-0.4, -0.2) is 26.9 Å². The Morgan fingerprint density at radius 2 is 2.11 bits per heavy atom. The van der Waals surface area contributed by atoms with Crippen LogP contribution in [0.2, 0.25) is 0 Å². The third kappa shape index (κ3) is 4.07. The number of aliphatic imine (C=N–C) groups is 1. The van der Waals surface area contributed by atoms with E-state index in [1.54, 1.807) is 26.1 Å². The quantitative estimate of drug-likeness (QED) is 0.686. The number of hydrogen-bond donors (Lipinski definition) is 1. The van der Waals surface area contributed by atoms with Crippen LogP contribution < -0.4 is 5.73 Å². The summed E-state index contributed by atoms with van der Waals surface area (Å²) in [6.07, 6.45) is 2.73. The van der Waals surface area contributed by atoms with Crippen molar-refractivity contribution in [2.45, 2.75) is 11.8 Å². The minimum Gasteiger partial charge on any atom is -0.378 e. The van der Waals surface area contributed by atoms with E-state index in [2.05, 4.69) is 4.99 Å². The Morgan fingerprint density at radius 3 is 2.53 bits per heavy atom. The SMILES string of the molecule is C/C=C(/SC(N)=NC)c1ccc(S(C)(=O)=O)c(F)c1. The van der Waals surface area contributed by atoms with E-state index in [-0.39, 0.29) is 4.90 Å². The summed E-state index contributed by atoms with van der Waals surface area (Å²) in [4.78, 5) is 4.21. The second-order valence-electron chi connectivity index (χ2n) is 3.73. The minimum absolute atomic E-state index is 0.311. The van der Waals surface area contributed by atoms with Crippen molar-refractivity contribution >= 4 is 31.7 Å². The van der Waals surface area contributed by atoms with E-state index in [1.165, 1.54) is 23.9 Å². The van der Waals surface area contributed by atoms with Crippen LogP contribution in [0.15, 0.2) is 34.2 Å². The first-order chi connectivity index (χ1) is 8.79. The van der Waals surface area contributed by atoms with Gasteiger partial charge in [0.2, 0.25) is 0 Å². The molecule has 0 aliphatic rings. The molecule has 1 aromatic carbocycles. The van der Waals surface area contributed by atoms with Crippen LogP contribution in [0.25, 0.3) is 4.91 Å². The number of hydrogen-bond acceptors (Lipinski definition) is 4. The number of nitrogens with zero attached hydrogens (tertiary/aromatic N) is 1. The molecule has 19 heavy (non-hydrogen) atoms. The molecule has 0 saturated heterocycles. The molecule has 0 fully saturated rings. The highest BCUT2D eigenvalue weighted by molar-refractivity contribution is 8.21. The Balaban J connectivity index is 3.20. The first-order valence-electron chi connectivity index (χ1n) is 5.36. The predicted octanol–water partition coefficient (Wildman–Crippen LogP) is 2.27. The van der Waals surface area contributed by atoms with Crippen LogP contribution in [0.1, 0.15) is 12.5 Å². The van der Waals surface area contributed by atoms with E-state index in [0.717, 1.165) is 6.26 Å². The van der Waals surface area contributed by atoms with Crippen molar-refractivity contribution in [3.8, 4) is 0 Å². The molecule has 0 spiro atoms. The lowest BCUT2D eigenvalue weighted by atomic mass is 10.2. The standard InChI is InChI=1S/C12H15FN2O2S2/c1-4-10(18-12(14)15-2)8-5-6-11(9(13)7-8)19(3,16)17/h4-7H,1-3H3,(H2,14,15)/b10-4+. The molecule has 0 radical (unpaired) electrons. The van der Waals surface area contributed by atoms with Gasteiger partial charge in [-0.2, -0.15) is 0 Å². The van der Waals surface area contributed by atoms with Gasteiger partial charge in [-0.05, 0) is 24.6 Å². The maximum Gasteiger partial charge on any atom is 0.178 e. The summed E-state index contributed by atoms with van der Waals surface area (Å²) < 4.78 is 36.4. The van der Waals surface area contributed by atoms with Gasteiger partial charge in [0.05, 0.1) is 0 Å². The number of sulfone groups is 1. The van der Waals surface area contributed by atoms with E-state index in [9.17, 15) is 12.8 Å². The molecule has 0 bridgehead atoms. The summed E-state index contributed by atoms with van der Waals surface area (Å²) in [5.74, 6) is -0.771. The van der Waals surface area contributed by atoms with Gasteiger partial charge in [-0.25, -0.2) is 12.8 Å². The molecular formula is C12H15FN2O2S2. The zero-order chi connectivity index (χ0) is 14.6. The normalized spacial score (nSPS) is 13.7. The molecule has 1 aromatic rings. The van der Waals surface area contributed by atoms with Crippen LogP contribution in [0.5, 0.6) is 0 Å². The fraction of sp³-hybridized carbons (Fsp3) is 0.250. The molecular weight excluding hydrogens is 287 g/mol. The Bertz CT molecular complexity index is 637. The van der Waals surface area contributed by atoms with Gasteiger partial charge in [0, 0.05) is 18.2 Å². The van der Waals surface area contributed by atoms with Crippen LogP contribution in [-0.2, 0) is 9.84 Å². The maximum absolute atomic E-state index is 13.8. The lowest BCUT2D eigenvalue weighted by molar-refractivity contribution is 0.570. The molecule has 0 unspecified atom stereocenters. The summed E-state index contributed by atoms with van der Waals surface area (Å²) >= 11 is 1.19. The van der Waals surface area contributed by atoms with E-state index in [4.69, 9.17) is 5.73 Å². The fourth-order valence-corrected chi connectivity index (χ4v) is 2.81. The highest BCUT2D eigenvalue weighted by Gasteiger charge is 2.15. The molecule has 0 saturated carbocycles. The smallest absolute Gasteiger partial charge is 0.178 e. The molecule has 2 N–H and O–H groups in total. The number of allylic oxidation sites excluding steroid dienone is 1. The van der Waals surface area contributed by atoms with Crippen molar-refractivity contribution in [1.29, 1.82) is 0 Å². The van der Waals surface area contributed by atoms with Crippen molar-refractivity contribution in [3.63, 3.8) is 0 Å². The van der Waals surface area contributed by atoms with Crippen LogP contribution in [0, 0.1) is 5.82 Å². The second kappa shape index (κ2) is 6.21. The fourth-order valence-electron chi connectivity index (χ4n) is 1.40. The van der Waals surface area contributed by atoms with Gasteiger partial charge in [0.25, 0.3) is 0 Å². The monoisotopic (exact) mass is 302 g/mol. The number of halogens is 1. The zero-order valence-corrected chi connectivity index (χ0v) is 12.5. The number of thioether (sulfide) groups is 1. The number of nitrogens with two attached hydrogens (primary N) is 1. The predicted molar refractivity (Wildman–Crippen MR) is 78.3 cm³/mol. The third-order valence-electron chi connectivity index (χ3n) is 2.31. The highest BCUT2D eigenvalue weighted by atomic mass is 32.2. The summed E-state index contributed by atoms with van der Waals surface area (Å²) in [7, 11) is -2.00. The molecule has 0 amide bonds. The van der Waals surface area contributed by atoms with E-state index in [1.807, 2.05) is 0 Å². The summed E-state index contributed by atoms with van der Waals surface area (Å²) in [6.45, 7) is 1.79. The molecule has 0 atom stereocenters. The molecule has 4 nitrogen and oxygen atoms in total. The van der Waals surface area contributed by atoms with Gasteiger partial charge in [-0.3, -0.25) is 4.99 Å². The van der Waals surface area contributed by atoms with Crippen molar-refractivity contribution in [2.75, 3.05) is 13.3 Å². The van der Waals surface area contributed by atoms with Gasteiger partial charge >= 0.3 is 0 Å². The topological polar surface area (TPSA) is 72.5 Å². The Morgan fingerprint density at radius 1 is 1.47 bits per heavy atom. The number of benzene rings is 1. The van der Waals surface area contributed by atoms with E-state index < -0.39 is 15.7 Å². The van der Waals surface area contributed by atoms with Crippen molar-refractivity contribution < 1.29 is 12.8 Å². The maximum atomic E-state index is 13.8. The Labute approximate surface area is 116 Å². The average Bonchev–Trinajstić information content (AvgIpc) is 2.33. The average molecular weight is 302 g/mol. The second-order valence-corrected chi connectivity index (χ2v) is 6.78. The Kier molecular flexibility index (Phi) is 5.13. The molecule has 0 aromatic heterocycles. The molecule has 7 heteroatoms. The third-order valence-corrected chi connectivity index (χ3v) is 4.53. The molecule has 0 aliphatic heterocycles. The first-order valence-corrected chi connectivity index (χ1v) is 8.06. The van der Waals surface area contributed by atoms with Crippen molar-refractivity contribution in [2.24, 2.45) is 10.7 Å². The van der Waals surface area contributed by atoms with Gasteiger partial charge in [0.15, 0.2) is 15.0 Å². The first kappa shape index (κ1) is 15.7. The molecule has 104 valence electrons.